The van der Waals surface area contributed by atoms with Crippen LogP contribution in [0.4, 0.5) is 11.5 Å². The van der Waals surface area contributed by atoms with Crippen molar-refractivity contribution in [2.24, 2.45) is 5.92 Å². The molecule has 2 aromatic carbocycles. The number of rotatable bonds is 7. The Hall–Kier alpha value is -3.08. The van der Waals surface area contributed by atoms with Crippen molar-refractivity contribution in [1.82, 2.24) is 10.3 Å². The van der Waals surface area contributed by atoms with Crippen LogP contribution in [0.2, 0.25) is 0 Å². The largest absolute Gasteiger partial charge is 0.495 e. The highest BCUT2D eigenvalue weighted by atomic mass is 16.5. The molecule has 0 spiro atoms. The lowest BCUT2D eigenvalue weighted by Gasteiger charge is -2.14. The minimum atomic E-state index is -0.0858. The van der Waals surface area contributed by atoms with Gasteiger partial charge in [-0.3, -0.25) is 4.79 Å². The van der Waals surface area contributed by atoms with E-state index in [1.54, 1.807) is 13.2 Å². The molecular formula is C22H25N3O2. The molecule has 2 N–H and O–H groups in total. The average molecular weight is 363 g/mol. The number of pyridine rings is 1. The molecule has 140 valence electrons. The summed E-state index contributed by atoms with van der Waals surface area (Å²) < 4.78 is 5.39. The molecule has 27 heavy (non-hydrogen) atoms. The van der Waals surface area contributed by atoms with Gasteiger partial charge in [-0.1, -0.05) is 44.2 Å². The molecule has 3 rings (SSSR count). The summed E-state index contributed by atoms with van der Waals surface area (Å²) in [5, 5.41) is 7.12. The van der Waals surface area contributed by atoms with Crippen molar-refractivity contribution in [1.29, 1.82) is 0 Å². The Kier molecular flexibility index (Phi) is 5.91. The van der Waals surface area contributed by atoms with E-state index in [4.69, 9.17) is 4.74 Å². The second-order valence-corrected chi connectivity index (χ2v) is 6.84. The number of aromatic nitrogens is 1. The lowest BCUT2D eigenvalue weighted by Crippen LogP contribution is -2.25. The second-order valence-electron chi connectivity index (χ2n) is 6.84. The van der Waals surface area contributed by atoms with Gasteiger partial charge in [0.2, 0.25) is 0 Å². The molecule has 1 heterocycles. The minimum Gasteiger partial charge on any atom is -0.495 e. The van der Waals surface area contributed by atoms with Gasteiger partial charge in [0.05, 0.1) is 23.9 Å². The molecule has 0 saturated carbocycles. The number of hydrogen-bond donors (Lipinski definition) is 2. The molecule has 1 amide bonds. The summed E-state index contributed by atoms with van der Waals surface area (Å²) in [5.41, 5.74) is 2.18. The third-order valence-corrected chi connectivity index (χ3v) is 4.34. The number of methoxy groups -OCH3 is 1. The second kappa shape index (κ2) is 8.54. The van der Waals surface area contributed by atoms with E-state index in [2.05, 4.69) is 29.5 Å². The van der Waals surface area contributed by atoms with E-state index < -0.39 is 0 Å². The summed E-state index contributed by atoms with van der Waals surface area (Å²) >= 11 is 0. The first kappa shape index (κ1) is 18.7. The number of nitrogens with zero attached hydrogens (tertiary/aromatic N) is 1. The average Bonchev–Trinajstić information content (AvgIpc) is 2.67. The maximum Gasteiger partial charge on any atom is 0.252 e. The molecule has 1 aromatic heterocycles. The van der Waals surface area contributed by atoms with Crippen molar-refractivity contribution in [3.05, 3.63) is 60.2 Å². The number of nitrogens with one attached hydrogen (secondary N) is 2. The van der Waals surface area contributed by atoms with Crippen molar-refractivity contribution in [3.8, 4) is 5.75 Å². The van der Waals surface area contributed by atoms with E-state index in [-0.39, 0.29) is 5.91 Å². The number of fused-ring (bicyclic) bond motifs is 1. The van der Waals surface area contributed by atoms with Crippen LogP contribution in [0.3, 0.4) is 0 Å². The molecule has 0 radical (unpaired) electrons. The first-order valence-electron chi connectivity index (χ1n) is 9.16. The Morgan fingerprint density at radius 1 is 1.11 bits per heavy atom. The van der Waals surface area contributed by atoms with Gasteiger partial charge >= 0.3 is 0 Å². The Balaban J connectivity index is 1.94. The number of benzene rings is 2. The van der Waals surface area contributed by atoms with E-state index in [9.17, 15) is 4.79 Å². The first-order chi connectivity index (χ1) is 13.1. The normalized spacial score (nSPS) is 10.8. The SMILES string of the molecule is COc1ccccc1Nc1cc(C(=O)NCCC(C)C)c2ccccc2n1. The van der Waals surface area contributed by atoms with Gasteiger partial charge in [-0.25, -0.2) is 4.98 Å². The van der Waals surface area contributed by atoms with Crippen LogP contribution >= 0.6 is 0 Å². The molecule has 0 saturated heterocycles. The van der Waals surface area contributed by atoms with Crippen LogP contribution in [0.25, 0.3) is 10.9 Å². The Labute approximate surface area is 159 Å². The van der Waals surface area contributed by atoms with Crippen molar-refractivity contribution in [2.45, 2.75) is 20.3 Å². The lowest BCUT2D eigenvalue weighted by molar-refractivity contribution is 0.0953. The van der Waals surface area contributed by atoms with Crippen LogP contribution in [-0.4, -0.2) is 24.5 Å². The quantitative estimate of drug-likeness (QED) is 0.635. The third kappa shape index (κ3) is 4.56. The number of anilines is 2. The fourth-order valence-corrected chi connectivity index (χ4v) is 2.88. The van der Waals surface area contributed by atoms with E-state index in [1.807, 2.05) is 48.5 Å². The molecule has 0 aliphatic rings. The summed E-state index contributed by atoms with van der Waals surface area (Å²) in [6, 6.07) is 17.1. The van der Waals surface area contributed by atoms with Crippen LogP contribution in [0.1, 0.15) is 30.6 Å². The van der Waals surface area contributed by atoms with E-state index in [1.165, 1.54) is 0 Å². The number of carbonyl (C=O) groups is 1. The van der Waals surface area contributed by atoms with Gasteiger partial charge in [-0.05, 0) is 36.6 Å². The van der Waals surface area contributed by atoms with Crippen molar-refractivity contribution in [3.63, 3.8) is 0 Å². The highest BCUT2D eigenvalue weighted by Crippen LogP contribution is 2.28. The zero-order valence-electron chi connectivity index (χ0n) is 16.0. The molecule has 0 bridgehead atoms. The molecule has 3 aromatic rings. The van der Waals surface area contributed by atoms with Gasteiger partial charge in [0.15, 0.2) is 0 Å². The lowest BCUT2D eigenvalue weighted by atomic mass is 10.1. The zero-order chi connectivity index (χ0) is 19.2. The summed E-state index contributed by atoms with van der Waals surface area (Å²) in [6.07, 6.45) is 0.946. The topological polar surface area (TPSA) is 63.2 Å². The maximum atomic E-state index is 12.8. The maximum absolute atomic E-state index is 12.8. The van der Waals surface area contributed by atoms with Crippen LogP contribution in [0, 0.1) is 5.92 Å². The van der Waals surface area contributed by atoms with Crippen LogP contribution in [0.5, 0.6) is 5.75 Å². The van der Waals surface area contributed by atoms with Crippen molar-refractivity contribution < 1.29 is 9.53 Å². The van der Waals surface area contributed by atoms with E-state index in [0.717, 1.165) is 28.8 Å². The summed E-state index contributed by atoms with van der Waals surface area (Å²) in [6.45, 7) is 4.94. The molecule has 0 atom stereocenters. The van der Waals surface area contributed by atoms with Crippen LogP contribution < -0.4 is 15.4 Å². The molecule has 0 aliphatic heterocycles. The van der Waals surface area contributed by atoms with Gasteiger partial charge in [-0.2, -0.15) is 0 Å². The minimum absolute atomic E-state index is 0.0858. The van der Waals surface area contributed by atoms with Crippen LogP contribution in [-0.2, 0) is 0 Å². The zero-order valence-corrected chi connectivity index (χ0v) is 16.0. The Bertz CT molecular complexity index is 938. The highest BCUT2D eigenvalue weighted by molar-refractivity contribution is 6.07. The van der Waals surface area contributed by atoms with Crippen molar-refractivity contribution >= 4 is 28.3 Å². The summed E-state index contributed by atoms with van der Waals surface area (Å²) in [4.78, 5) is 17.4. The fraction of sp³-hybridized carbons (Fsp3) is 0.273. The van der Waals surface area contributed by atoms with Gasteiger partial charge < -0.3 is 15.4 Å². The Morgan fingerprint density at radius 2 is 1.85 bits per heavy atom. The molecular weight excluding hydrogens is 338 g/mol. The smallest absolute Gasteiger partial charge is 0.252 e. The highest BCUT2D eigenvalue weighted by Gasteiger charge is 2.14. The van der Waals surface area contributed by atoms with Crippen LogP contribution in [0.15, 0.2) is 54.6 Å². The Morgan fingerprint density at radius 3 is 2.63 bits per heavy atom. The number of para-hydroxylation sites is 3. The van der Waals surface area contributed by atoms with E-state index in [0.29, 0.717) is 23.8 Å². The monoisotopic (exact) mass is 363 g/mol. The summed E-state index contributed by atoms with van der Waals surface area (Å²) in [5.74, 6) is 1.78. The fourth-order valence-electron chi connectivity index (χ4n) is 2.88. The molecule has 5 nitrogen and oxygen atoms in total. The third-order valence-electron chi connectivity index (χ3n) is 4.34. The van der Waals surface area contributed by atoms with E-state index >= 15 is 0 Å². The number of hydrogen-bond acceptors (Lipinski definition) is 4. The molecule has 0 unspecified atom stereocenters. The molecule has 5 heteroatoms. The predicted octanol–water partition coefficient (Wildman–Crippen LogP) is 4.76. The summed E-state index contributed by atoms with van der Waals surface area (Å²) in [7, 11) is 1.63. The van der Waals surface area contributed by atoms with Gasteiger partial charge in [0.25, 0.3) is 5.91 Å². The molecule has 0 aliphatic carbocycles. The molecule has 0 fully saturated rings. The van der Waals surface area contributed by atoms with Crippen molar-refractivity contribution in [2.75, 3.05) is 19.0 Å². The number of carbonyl (C=O) groups excluding carboxylic acids is 1. The number of ether oxygens (including phenoxy) is 1. The predicted molar refractivity (Wildman–Crippen MR) is 110 cm³/mol. The number of amides is 1. The standard InChI is InChI=1S/C22H25N3O2/c1-15(2)12-13-23-22(26)17-14-21(24-18-9-5-4-8-16(17)18)25-19-10-6-7-11-20(19)27-3/h4-11,14-15H,12-13H2,1-3H3,(H,23,26)(H,24,25). The van der Waals surface area contributed by atoms with Gasteiger partial charge in [0.1, 0.15) is 11.6 Å². The first-order valence-corrected chi connectivity index (χ1v) is 9.16. The van der Waals surface area contributed by atoms with Gasteiger partial charge in [0, 0.05) is 11.9 Å². The van der Waals surface area contributed by atoms with Gasteiger partial charge in [-0.15, -0.1) is 0 Å².